The van der Waals surface area contributed by atoms with Crippen LogP contribution in [0.1, 0.15) is 24.5 Å². The number of hydrogen-bond acceptors (Lipinski definition) is 3. The summed E-state index contributed by atoms with van der Waals surface area (Å²) in [5, 5.41) is 13.6. The van der Waals surface area contributed by atoms with Crippen LogP contribution in [-0.2, 0) is 0 Å². The van der Waals surface area contributed by atoms with Crippen molar-refractivity contribution in [1.29, 1.82) is 0 Å². The standard InChI is InChI=1S/C14H22N2O/c1-16(10-13-8-5-9-15-13)11-14(17)12-6-3-2-4-7-12/h2-4,6-7,13-15,17H,5,8-11H2,1H3. The second-order valence-corrected chi connectivity index (χ2v) is 4.94. The van der Waals surface area contributed by atoms with Crippen molar-refractivity contribution in [2.45, 2.75) is 25.0 Å². The fourth-order valence-corrected chi connectivity index (χ4v) is 2.44. The maximum absolute atomic E-state index is 10.1. The third-order valence-corrected chi connectivity index (χ3v) is 3.36. The molecule has 2 atom stereocenters. The van der Waals surface area contributed by atoms with Gasteiger partial charge in [-0.1, -0.05) is 30.3 Å². The van der Waals surface area contributed by atoms with Gasteiger partial charge in [-0.3, -0.25) is 0 Å². The van der Waals surface area contributed by atoms with Crippen molar-refractivity contribution in [1.82, 2.24) is 10.2 Å². The molecular formula is C14H22N2O. The highest BCUT2D eigenvalue weighted by molar-refractivity contribution is 5.17. The Morgan fingerprint density at radius 2 is 2.18 bits per heavy atom. The van der Waals surface area contributed by atoms with E-state index in [4.69, 9.17) is 0 Å². The minimum Gasteiger partial charge on any atom is -0.387 e. The van der Waals surface area contributed by atoms with Gasteiger partial charge in [-0.05, 0) is 32.0 Å². The highest BCUT2D eigenvalue weighted by atomic mass is 16.3. The Bertz CT molecular complexity index is 322. The van der Waals surface area contributed by atoms with Crippen LogP contribution in [0.4, 0.5) is 0 Å². The van der Waals surface area contributed by atoms with E-state index in [1.54, 1.807) is 0 Å². The maximum Gasteiger partial charge on any atom is 0.0916 e. The van der Waals surface area contributed by atoms with E-state index in [2.05, 4.69) is 17.3 Å². The Hall–Kier alpha value is -0.900. The number of benzene rings is 1. The molecular weight excluding hydrogens is 212 g/mol. The molecule has 17 heavy (non-hydrogen) atoms. The maximum atomic E-state index is 10.1. The van der Waals surface area contributed by atoms with Gasteiger partial charge in [-0.15, -0.1) is 0 Å². The zero-order valence-corrected chi connectivity index (χ0v) is 10.5. The SMILES string of the molecule is CN(CC1CCCN1)CC(O)c1ccccc1. The highest BCUT2D eigenvalue weighted by Gasteiger charge is 2.17. The van der Waals surface area contributed by atoms with Crippen LogP contribution in [0.15, 0.2) is 30.3 Å². The van der Waals surface area contributed by atoms with Crippen molar-refractivity contribution in [3.63, 3.8) is 0 Å². The molecule has 3 heteroatoms. The van der Waals surface area contributed by atoms with Gasteiger partial charge in [0.15, 0.2) is 0 Å². The number of rotatable bonds is 5. The van der Waals surface area contributed by atoms with E-state index in [0.717, 1.165) is 18.7 Å². The van der Waals surface area contributed by atoms with Gasteiger partial charge in [0.25, 0.3) is 0 Å². The average molecular weight is 234 g/mol. The van der Waals surface area contributed by atoms with Gasteiger partial charge in [-0.2, -0.15) is 0 Å². The van der Waals surface area contributed by atoms with Crippen LogP contribution in [0, 0.1) is 0 Å². The first-order valence-electron chi connectivity index (χ1n) is 6.40. The molecule has 1 fully saturated rings. The monoisotopic (exact) mass is 234 g/mol. The van der Waals surface area contributed by atoms with Gasteiger partial charge in [0, 0.05) is 19.1 Å². The fraction of sp³-hybridized carbons (Fsp3) is 0.571. The van der Waals surface area contributed by atoms with Gasteiger partial charge in [-0.25, -0.2) is 0 Å². The van der Waals surface area contributed by atoms with Gasteiger partial charge in [0.1, 0.15) is 0 Å². The van der Waals surface area contributed by atoms with E-state index in [1.165, 1.54) is 12.8 Å². The first-order valence-corrected chi connectivity index (χ1v) is 6.40. The Balaban J connectivity index is 1.79. The normalized spacial score (nSPS) is 21.9. The predicted molar refractivity (Wildman–Crippen MR) is 69.9 cm³/mol. The van der Waals surface area contributed by atoms with Crippen molar-refractivity contribution < 1.29 is 5.11 Å². The van der Waals surface area contributed by atoms with Gasteiger partial charge >= 0.3 is 0 Å². The summed E-state index contributed by atoms with van der Waals surface area (Å²) in [4.78, 5) is 2.21. The molecule has 1 aromatic rings. The molecule has 0 radical (unpaired) electrons. The molecule has 0 amide bonds. The molecule has 1 heterocycles. The lowest BCUT2D eigenvalue weighted by Crippen LogP contribution is -2.37. The Morgan fingerprint density at radius 1 is 1.41 bits per heavy atom. The molecule has 1 saturated heterocycles. The molecule has 1 aliphatic rings. The first kappa shape index (κ1) is 12.6. The largest absolute Gasteiger partial charge is 0.387 e. The van der Waals surface area contributed by atoms with Crippen LogP contribution in [0.5, 0.6) is 0 Å². The minimum atomic E-state index is -0.386. The fourth-order valence-electron chi connectivity index (χ4n) is 2.44. The van der Waals surface area contributed by atoms with Crippen LogP contribution < -0.4 is 5.32 Å². The van der Waals surface area contributed by atoms with E-state index in [9.17, 15) is 5.11 Å². The summed E-state index contributed by atoms with van der Waals surface area (Å²) in [6.45, 7) is 2.85. The van der Waals surface area contributed by atoms with E-state index in [-0.39, 0.29) is 6.10 Å². The van der Waals surface area contributed by atoms with E-state index in [0.29, 0.717) is 12.6 Å². The summed E-state index contributed by atoms with van der Waals surface area (Å²) in [6.07, 6.45) is 2.15. The van der Waals surface area contributed by atoms with Gasteiger partial charge < -0.3 is 15.3 Å². The second-order valence-electron chi connectivity index (χ2n) is 4.94. The van der Waals surface area contributed by atoms with Gasteiger partial charge in [0.2, 0.25) is 0 Å². The van der Waals surface area contributed by atoms with Crippen molar-refractivity contribution in [3.8, 4) is 0 Å². The summed E-state index contributed by atoms with van der Waals surface area (Å²) in [5.74, 6) is 0. The van der Waals surface area contributed by atoms with E-state index < -0.39 is 0 Å². The summed E-state index contributed by atoms with van der Waals surface area (Å²) in [7, 11) is 2.08. The van der Waals surface area contributed by atoms with Crippen molar-refractivity contribution in [3.05, 3.63) is 35.9 Å². The molecule has 0 spiro atoms. The van der Waals surface area contributed by atoms with E-state index >= 15 is 0 Å². The Labute approximate surface area is 103 Å². The summed E-state index contributed by atoms with van der Waals surface area (Å²) in [5.41, 5.74) is 0.999. The first-order chi connectivity index (χ1) is 8.25. The molecule has 3 nitrogen and oxygen atoms in total. The molecule has 0 bridgehead atoms. The van der Waals surface area contributed by atoms with Crippen molar-refractivity contribution >= 4 is 0 Å². The molecule has 1 aliphatic heterocycles. The lowest BCUT2D eigenvalue weighted by Gasteiger charge is -2.23. The van der Waals surface area contributed by atoms with Crippen LogP contribution in [-0.4, -0.2) is 42.7 Å². The molecule has 1 aromatic carbocycles. The zero-order chi connectivity index (χ0) is 12.1. The topological polar surface area (TPSA) is 35.5 Å². The molecule has 2 unspecified atom stereocenters. The molecule has 2 rings (SSSR count). The number of likely N-dealkylation sites (N-methyl/N-ethyl adjacent to an activating group) is 1. The van der Waals surface area contributed by atoms with Crippen LogP contribution in [0.25, 0.3) is 0 Å². The Kier molecular flexibility index (Phi) is 4.54. The number of hydrogen-bond donors (Lipinski definition) is 2. The quantitative estimate of drug-likeness (QED) is 0.808. The van der Waals surface area contributed by atoms with Crippen LogP contribution in [0.2, 0.25) is 0 Å². The predicted octanol–water partition coefficient (Wildman–Crippen LogP) is 1.40. The third-order valence-electron chi connectivity index (χ3n) is 3.36. The lowest BCUT2D eigenvalue weighted by molar-refractivity contribution is 0.122. The molecule has 0 saturated carbocycles. The highest BCUT2D eigenvalue weighted by Crippen LogP contribution is 2.14. The molecule has 0 aromatic heterocycles. The number of nitrogens with zero attached hydrogens (tertiary/aromatic N) is 1. The Morgan fingerprint density at radius 3 is 2.82 bits per heavy atom. The van der Waals surface area contributed by atoms with Crippen molar-refractivity contribution in [2.75, 3.05) is 26.7 Å². The third kappa shape index (κ3) is 3.80. The zero-order valence-electron chi connectivity index (χ0n) is 10.5. The molecule has 94 valence electrons. The second kappa shape index (κ2) is 6.15. The average Bonchev–Trinajstić information content (AvgIpc) is 2.82. The molecule has 2 N–H and O–H groups in total. The summed E-state index contributed by atoms with van der Waals surface area (Å²) in [6, 6.07) is 10.5. The lowest BCUT2D eigenvalue weighted by atomic mass is 10.1. The summed E-state index contributed by atoms with van der Waals surface area (Å²) >= 11 is 0. The smallest absolute Gasteiger partial charge is 0.0916 e. The minimum absolute atomic E-state index is 0.386. The van der Waals surface area contributed by atoms with E-state index in [1.807, 2.05) is 30.3 Å². The van der Waals surface area contributed by atoms with Crippen LogP contribution in [0.3, 0.4) is 0 Å². The number of aliphatic hydroxyl groups excluding tert-OH is 1. The van der Waals surface area contributed by atoms with Gasteiger partial charge in [0.05, 0.1) is 6.10 Å². The number of aliphatic hydroxyl groups is 1. The summed E-state index contributed by atoms with van der Waals surface area (Å²) < 4.78 is 0. The van der Waals surface area contributed by atoms with Crippen LogP contribution >= 0.6 is 0 Å². The molecule has 0 aliphatic carbocycles. The number of nitrogens with one attached hydrogen (secondary N) is 1. The van der Waals surface area contributed by atoms with Crippen molar-refractivity contribution in [2.24, 2.45) is 0 Å².